The number of nitrogens with one attached hydrogen (secondary N) is 1. The largest absolute Gasteiger partial charge is 0.368 e. The van der Waals surface area contributed by atoms with Crippen molar-refractivity contribution in [1.29, 1.82) is 0 Å². The molecule has 1 fully saturated rings. The smallest absolute Gasteiger partial charge is 0.366 e. The summed E-state index contributed by atoms with van der Waals surface area (Å²) in [4.78, 5) is 14.4. The van der Waals surface area contributed by atoms with Crippen LogP contribution in [0.3, 0.4) is 0 Å². The zero-order chi connectivity index (χ0) is 14.2. The van der Waals surface area contributed by atoms with E-state index in [1.807, 2.05) is 6.07 Å². The molecule has 0 spiro atoms. The second-order valence-corrected chi connectivity index (χ2v) is 5.47. The number of nitrogens with zero attached hydrogens (tertiary/aromatic N) is 4. The van der Waals surface area contributed by atoms with Crippen molar-refractivity contribution in [3.8, 4) is 0 Å². The fraction of sp³-hybridized carbons (Fsp3) is 0.538. The molecule has 0 unspecified atom stereocenters. The molecule has 1 aliphatic rings. The third kappa shape index (κ3) is 2.31. The highest BCUT2D eigenvalue weighted by molar-refractivity contribution is 5.48. The van der Waals surface area contributed by atoms with Crippen molar-refractivity contribution in [2.45, 2.75) is 32.6 Å². The number of anilines is 1. The van der Waals surface area contributed by atoms with Gasteiger partial charge in [-0.25, -0.2) is 4.98 Å². The van der Waals surface area contributed by atoms with Crippen LogP contribution in [0, 0.1) is 15.5 Å². The van der Waals surface area contributed by atoms with Gasteiger partial charge in [-0.1, -0.05) is 23.0 Å². The lowest BCUT2D eigenvalue weighted by molar-refractivity contribution is -0.391. The highest BCUT2D eigenvalue weighted by Gasteiger charge is 2.41. The first kappa shape index (κ1) is 12.8. The van der Waals surface area contributed by atoms with E-state index in [4.69, 9.17) is 0 Å². The zero-order valence-electron chi connectivity index (χ0n) is 11.4. The maximum Gasteiger partial charge on any atom is 0.368 e. The minimum absolute atomic E-state index is 0.113. The molecule has 7 nitrogen and oxygen atoms in total. The summed E-state index contributed by atoms with van der Waals surface area (Å²) in [5, 5.41) is 18.4. The molecule has 2 heterocycles. The lowest BCUT2D eigenvalue weighted by atomic mass is 10.0. The van der Waals surface area contributed by atoms with Gasteiger partial charge in [0.25, 0.3) is 0 Å². The van der Waals surface area contributed by atoms with Gasteiger partial charge in [0.2, 0.25) is 5.65 Å². The summed E-state index contributed by atoms with van der Waals surface area (Å²) in [6.07, 6.45) is 6.13. The Labute approximate surface area is 116 Å². The molecule has 20 heavy (non-hydrogen) atoms. The average Bonchev–Trinajstić information content (AvgIpc) is 3.06. The third-order valence-electron chi connectivity index (χ3n) is 3.91. The van der Waals surface area contributed by atoms with Crippen molar-refractivity contribution in [1.82, 2.24) is 14.6 Å². The normalized spacial score (nSPS) is 16.2. The Morgan fingerprint density at radius 2 is 2.30 bits per heavy atom. The monoisotopic (exact) mass is 275 g/mol. The van der Waals surface area contributed by atoms with Crippen LogP contribution >= 0.6 is 0 Å². The number of nitro groups is 1. The Morgan fingerprint density at radius 1 is 1.50 bits per heavy atom. The Balaban J connectivity index is 1.78. The quantitative estimate of drug-likeness (QED) is 0.647. The predicted octanol–water partition coefficient (Wildman–Crippen LogP) is 2.63. The molecule has 0 bridgehead atoms. The number of aromatic nitrogens is 3. The van der Waals surface area contributed by atoms with Crippen LogP contribution in [0.2, 0.25) is 0 Å². The van der Waals surface area contributed by atoms with Crippen LogP contribution in [0.5, 0.6) is 0 Å². The fourth-order valence-corrected chi connectivity index (χ4v) is 2.58. The van der Waals surface area contributed by atoms with Gasteiger partial charge < -0.3 is 15.4 Å². The van der Waals surface area contributed by atoms with E-state index in [0.29, 0.717) is 16.9 Å². The van der Waals surface area contributed by atoms with Crippen molar-refractivity contribution in [2.24, 2.45) is 5.41 Å². The molecule has 0 radical (unpaired) electrons. The van der Waals surface area contributed by atoms with Gasteiger partial charge in [-0.05, 0) is 35.7 Å². The summed E-state index contributed by atoms with van der Waals surface area (Å²) < 4.78 is 1.27. The number of hydrogen-bond donors (Lipinski definition) is 1. The van der Waals surface area contributed by atoms with E-state index in [9.17, 15) is 10.1 Å². The minimum Gasteiger partial charge on any atom is -0.366 e. The standard InChI is InChI=1S/C13H17N5O2/c1-2-5-13(6-7-13)9-15-10-3-4-11-14-8-12(18(19)20)17(11)16-10/h3-4,8H,2,5-7,9H2,1H3,(H,15,16). The molecule has 2 aromatic rings. The molecular weight excluding hydrogens is 258 g/mol. The second kappa shape index (κ2) is 4.73. The average molecular weight is 275 g/mol. The van der Waals surface area contributed by atoms with Gasteiger partial charge in [0.15, 0.2) is 5.82 Å². The highest BCUT2D eigenvalue weighted by Crippen LogP contribution is 2.49. The first-order chi connectivity index (χ1) is 9.63. The van der Waals surface area contributed by atoms with Crippen LogP contribution < -0.4 is 5.32 Å². The van der Waals surface area contributed by atoms with E-state index < -0.39 is 4.92 Å². The summed E-state index contributed by atoms with van der Waals surface area (Å²) in [6, 6.07) is 3.55. The van der Waals surface area contributed by atoms with E-state index in [2.05, 4.69) is 22.3 Å². The first-order valence-electron chi connectivity index (χ1n) is 6.87. The molecule has 3 rings (SSSR count). The summed E-state index contributed by atoms with van der Waals surface area (Å²) in [6.45, 7) is 3.07. The molecule has 1 aliphatic carbocycles. The molecule has 0 aliphatic heterocycles. The summed E-state index contributed by atoms with van der Waals surface area (Å²) in [5.74, 6) is 0.541. The lowest BCUT2D eigenvalue weighted by Crippen LogP contribution is -2.16. The maximum atomic E-state index is 10.9. The SMILES string of the molecule is CCCC1(CNc2ccc3ncc([N+](=O)[O-])n3n2)CC1. The van der Waals surface area contributed by atoms with Crippen LogP contribution in [0.4, 0.5) is 11.6 Å². The van der Waals surface area contributed by atoms with Crippen LogP contribution in [0.1, 0.15) is 32.6 Å². The van der Waals surface area contributed by atoms with Crippen molar-refractivity contribution < 1.29 is 4.92 Å². The van der Waals surface area contributed by atoms with Crippen molar-refractivity contribution >= 4 is 17.3 Å². The molecule has 0 saturated heterocycles. The Kier molecular flexibility index (Phi) is 3.04. The number of rotatable bonds is 6. The van der Waals surface area contributed by atoms with Gasteiger partial charge in [0.1, 0.15) is 6.20 Å². The van der Waals surface area contributed by atoms with E-state index in [1.54, 1.807) is 6.07 Å². The van der Waals surface area contributed by atoms with E-state index in [-0.39, 0.29) is 5.82 Å². The molecule has 2 aromatic heterocycles. The lowest BCUT2D eigenvalue weighted by Gasteiger charge is -2.14. The van der Waals surface area contributed by atoms with Crippen molar-refractivity contribution in [3.63, 3.8) is 0 Å². The predicted molar refractivity (Wildman–Crippen MR) is 74.7 cm³/mol. The van der Waals surface area contributed by atoms with Crippen molar-refractivity contribution in [2.75, 3.05) is 11.9 Å². The van der Waals surface area contributed by atoms with Gasteiger partial charge in [-0.15, -0.1) is 0 Å². The molecule has 7 heteroatoms. The van der Waals surface area contributed by atoms with Crippen LogP contribution in [-0.4, -0.2) is 26.1 Å². The molecular formula is C13H17N5O2. The highest BCUT2D eigenvalue weighted by atomic mass is 16.6. The van der Waals surface area contributed by atoms with Crippen LogP contribution in [0.25, 0.3) is 5.65 Å². The number of imidazole rings is 1. The number of fused-ring (bicyclic) bond motifs is 1. The van der Waals surface area contributed by atoms with E-state index in [0.717, 1.165) is 6.54 Å². The summed E-state index contributed by atoms with van der Waals surface area (Å²) in [7, 11) is 0. The Morgan fingerprint density at radius 3 is 2.95 bits per heavy atom. The summed E-state index contributed by atoms with van der Waals surface area (Å²) in [5.41, 5.74) is 0.892. The Bertz CT molecular complexity index is 647. The van der Waals surface area contributed by atoms with Crippen molar-refractivity contribution in [3.05, 3.63) is 28.4 Å². The van der Waals surface area contributed by atoms with Gasteiger partial charge >= 0.3 is 5.82 Å². The molecule has 0 atom stereocenters. The maximum absolute atomic E-state index is 10.9. The van der Waals surface area contributed by atoms with Crippen LogP contribution in [0.15, 0.2) is 18.3 Å². The molecule has 0 amide bonds. The van der Waals surface area contributed by atoms with E-state index in [1.165, 1.54) is 36.4 Å². The molecule has 1 saturated carbocycles. The Hall–Kier alpha value is -2.18. The molecule has 0 aromatic carbocycles. The minimum atomic E-state index is -0.476. The zero-order valence-corrected chi connectivity index (χ0v) is 11.4. The summed E-state index contributed by atoms with van der Waals surface area (Å²) >= 11 is 0. The number of hydrogen-bond acceptors (Lipinski definition) is 5. The van der Waals surface area contributed by atoms with Crippen LogP contribution in [-0.2, 0) is 0 Å². The van der Waals surface area contributed by atoms with Gasteiger partial charge in [-0.2, -0.15) is 0 Å². The molecule has 106 valence electrons. The first-order valence-corrected chi connectivity index (χ1v) is 6.87. The molecule has 1 N–H and O–H groups in total. The second-order valence-electron chi connectivity index (χ2n) is 5.47. The fourth-order valence-electron chi connectivity index (χ4n) is 2.58. The van der Waals surface area contributed by atoms with Gasteiger partial charge in [0.05, 0.1) is 0 Å². The van der Waals surface area contributed by atoms with E-state index >= 15 is 0 Å². The van der Waals surface area contributed by atoms with Gasteiger partial charge in [0, 0.05) is 12.6 Å². The topological polar surface area (TPSA) is 85.4 Å². The third-order valence-corrected chi connectivity index (χ3v) is 3.91. The van der Waals surface area contributed by atoms with Gasteiger partial charge in [-0.3, -0.25) is 0 Å².